The topological polar surface area (TPSA) is 89.0 Å². The smallest absolute Gasteiger partial charge is 1.00 e. The summed E-state index contributed by atoms with van der Waals surface area (Å²) in [5.41, 5.74) is 0. The summed E-state index contributed by atoms with van der Waals surface area (Å²) < 4.78 is 22.8. The van der Waals surface area contributed by atoms with Crippen molar-refractivity contribution in [2.45, 2.75) is 0 Å². The van der Waals surface area contributed by atoms with E-state index in [0.29, 0.717) is 0 Å². The zero-order valence-electron chi connectivity index (χ0n) is 4.21. The predicted octanol–water partition coefficient (Wildman–Crippen LogP) is -4.03. The Kier molecular flexibility index (Phi) is 24.6. The molecular weight excluding hydrogens is 119 g/mol. The van der Waals surface area contributed by atoms with Gasteiger partial charge < -0.3 is 6.90 Å². The van der Waals surface area contributed by atoms with Crippen LogP contribution in [0.5, 0.6) is 0 Å². The third-order valence-electron chi connectivity index (χ3n) is 0. The molecule has 0 aromatic rings. The van der Waals surface area contributed by atoms with Gasteiger partial charge in [0.25, 0.3) is 11.4 Å². The molecule has 0 aliphatic heterocycles. The molecule has 0 spiro atoms. The van der Waals surface area contributed by atoms with Gasteiger partial charge in [0.15, 0.2) is 0 Å². The van der Waals surface area contributed by atoms with E-state index in [9.17, 15) is 0 Å². The van der Waals surface area contributed by atoms with Gasteiger partial charge in [-0.2, -0.15) is 4.21 Å². The summed E-state index contributed by atoms with van der Waals surface area (Å²) in [5.74, 6) is 0. The first kappa shape index (κ1) is 15.7. The number of rotatable bonds is 0. The Morgan fingerprint density at radius 1 is 1.50 bits per heavy atom. The first-order valence-corrected chi connectivity index (χ1v) is 1.60. The van der Waals surface area contributed by atoms with Crippen molar-refractivity contribution in [2.24, 2.45) is 0 Å². The summed E-state index contributed by atoms with van der Waals surface area (Å²) in [6.07, 6.45) is 0. The third-order valence-corrected chi connectivity index (χ3v) is 0. The fourth-order valence-electron chi connectivity index (χ4n) is 0. The van der Waals surface area contributed by atoms with Gasteiger partial charge in [0.05, 0.1) is 0 Å². The van der Waals surface area contributed by atoms with Crippen LogP contribution in [-0.4, -0.2) is 18.8 Å². The van der Waals surface area contributed by atoms with Crippen molar-refractivity contribution in [2.75, 3.05) is 0 Å². The Labute approximate surface area is 61.1 Å². The molecule has 0 saturated heterocycles. The Hall–Kier alpha value is 1.03. The maximum absolute atomic E-state index is 8.67. The van der Waals surface area contributed by atoms with E-state index in [1.807, 2.05) is 0 Å². The van der Waals surface area contributed by atoms with Gasteiger partial charge in [0, 0.05) is 0 Å². The molecule has 0 atom stereocenters. The molecule has 4 N–H and O–H groups in total. The van der Waals surface area contributed by atoms with E-state index in [2.05, 4.69) is 0 Å². The fourth-order valence-corrected chi connectivity index (χ4v) is 0. The normalized spacial score (nSPS) is 5.83. The van der Waals surface area contributed by atoms with Crippen molar-refractivity contribution in [3.8, 4) is 0 Å². The van der Waals surface area contributed by atoms with Gasteiger partial charge in [-0.1, -0.05) is 0 Å². The zero-order valence-corrected chi connectivity index (χ0v) is 6.03. The molecule has 0 rings (SSSR count). The molecule has 4 nitrogen and oxygen atoms in total. The minimum Gasteiger partial charge on any atom is -1.00 e. The molecule has 36 valence electrons. The maximum atomic E-state index is 8.67. The van der Waals surface area contributed by atoms with E-state index in [4.69, 9.17) is 13.3 Å². The van der Waals surface area contributed by atoms with Crippen LogP contribution < -0.4 is 29.6 Å². The largest absolute Gasteiger partial charge is 1.00 e. The number of hydrogen-bond acceptors (Lipinski definition) is 1. The average molecular weight is 124 g/mol. The van der Waals surface area contributed by atoms with Gasteiger partial charge in [-0.15, -0.1) is 0 Å². The fraction of sp³-hybridized carbons (Fsp3) is 0. The number of hydrogen-bond donors (Lipinski definition) is 2. The van der Waals surface area contributed by atoms with Crippen LogP contribution >= 0.6 is 0 Å². The van der Waals surface area contributed by atoms with E-state index in [-0.39, 0.29) is 36.5 Å². The summed E-state index contributed by atoms with van der Waals surface area (Å²) in [4.78, 5) is 0. The maximum Gasteiger partial charge on any atom is 1.00 e. The van der Waals surface area contributed by atoms with Crippen LogP contribution in [0, 0.1) is 0 Å². The Balaban J connectivity index is -0.0000000150. The summed E-state index contributed by atoms with van der Waals surface area (Å²) in [6, 6.07) is 0. The first-order valence-electron chi connectivity index (χ1n) is 0.532. The minimum atomic E-state index is -2.61. The molecule has 0 aromatic carbocycles. The van der Waals surface area contributed by atoms with Crippen LogP contribution in [0.25, 0.3) is 0 Å². The predicted molar refractivity (Wildman–Crippen MR) is 18.1 cm³/mol. The van der Waals surface area contributed by atoms with E-state index in [0.717, 1.165) is 0 Å². The molecule has 0 fully saturated rings. The molecule has 6 heavy (non-hydrogen) atoms. The second-order valence-corrected chi connectivity index (χ2v) is 0.692. The van der Waals surface area contributed by atoms with E-state index >= 15 is 0 Å². The van der Waals surface area contributed by atoms with Crippen LogP contribution in [0.3, 0.4) is 0 Å². The van der Waals surface area contributed by atoms with Crippen molar-refractivity contribution in [1.29, 1.82) is 0 Å². The van der Waals surface area contributed by atoms with Crippen LogP contribution in [-0.2, 0) is 11.4 Å². The van der Waals surface area contributed by atoms with Crippen molar-refractivity contribution in [3.05, 3.63) is 0 Å². The molecule has 0 aliphatic carbocycles. The summed E-state index contributed by atoms with van der Waals surface area (Å²) in [6.45, 7) is 0. The van der Waals surface area contributed by atoms with Gasteiger partial charge in [-0.25, -0.2) is 0 Å². The van der Waals surface area contributed by atoms with Gasteiger partial charge in [-0.05, 0) is 0 Å². The average Bonchev–Trinajstić information content (AvgIpc) is 0.811. The van der Waals surface area contributed by atoms with Crippen LogP contribution in [0.4, 0.5) is 0 Å². The van der Waals surface area contributed by atoms with E-state index in [1.165, 1.54) is 0 Å². The molecule has 0 aromatic heterocycles. The van der Waals surface area contributed by atoms with Crippen LogP contribution in [0.15, 0.2) is 0 Å². The van der Waals surface area contributed by atoms with E-state index in [1.54, 1.807) is 0 Å². The van der Waals surface area contributed by atoms with Crippen molar-refractivity contribution < 1.29 is 49.8 Å². The molecular formula is H5NaO4S. The zero-order chi connectivity index (χ0) is 3.58. The standard InChI is InChI=1S/Na.H2O3S.H2O.H/c;1-4(2)3;;/h;(H2,1,2,3);1H2;/q+1;;;-1. The molecule has 0 saturated carbocycles. The van der Waals surface area contributed by atoms with E-state index < -0.39 is 11.4 Å². The second-order valence-electron chi connectivity index (χ2n) is 0.231. The Bertz CT molecular complexity index is 34.7. The first-order chi connectivity index (χ1) is 1.73. The van der Waals surface area contributed by atoms with Crippen molar-refractivity contribution >= 4 is 11.4 Å². The summed E-state index contributed by atoms with van der Waals surface area (Å²) in [7, 11) is 0. The molecule has 0 unspecified atom stereocenters. The quantitative estimate of drug-likeness (QED) is 0.254. The Morgan fingerprint density at radius 3 is 1.50 bits per heavy atom. The Morgan fingerprint density at radius 2 is 1.50 bits per heavy atom. The third kappa shape index (κ3) is 77.0. The molecule has 0 radical (unpaired) electrons. The van der Waals surface area contributed by atoms with Gasteiger partial charge >= 0.3 is 29.6 Å². The second kappa shape index (κ2) is 9.39. The monoisotopic (exact) mass is 124 g/mol. The molecule has 0 heterocycles. The van der Waals surface area contributed by atoms with Gasteiger partial charge in [0.1, 0.15) is 0 Å². The summed E-state index contributed by atoms with van der Waals surface area (Å²) >= 11 is -2.61. The van der Waals surface area contributed by atoms with Crippen molar-refractivity contribution in [3.63, 3.8) is 0 Å². The molecule has 0 aliphatic rings. The van der Waals surface area contributed by atoms with Crippen molar-refractivity contribution in [1.82, 2.24) is 0 Å². The van der Waals surface area contributed by atoms with Crippen LogP contribution in [0.2, 0.25) is 0 Å². The minimum absolute atomic E-state index is 0. The SMILES string of the molecule is O.O=S(O)O.[H-].[Na+]. The van der Waals surface area contributed by atoms with Gasteiger partial charge in [0.2, 0.25) is 0 Å². The van der Waals surface area contributed by atoms with Gasteiger partial charge in [-0.3, -0.25) is 9.11 Å². The summed E-state index contributed by atoms with van der Waals surface area (Å²) in [5, 5.41) is 0. The molecule has 0 bridgehead atoms. The molecule has 6 heteroatoms. The molecule has 0 amide bonds. The van der Waals surface area contributed by atoms with Crippen LogP contribution in [0.1, 0.15) is 1.43 Å².